The minimum atomic E-state index is 0.708. The first-order valence-electron chi connectivity index (χ1n) is 16.6. The molecule has 2 aromatic rings. The van der Waals surface area contributed by atoms with E-state index < -0.39 is 0 Å². The molecule has 0 bridgehead atoms. The number of hydrogen-bond donors (Lipinski definition) is 1. The lowest BCUT2D eigenvalue weighted by Crippen LogP contribution is -2.61. The molecule has 8 rings (SSSR count). The molecule has 1 heteroatoms. The van der Waals surface area contributed by atoms with Crippen LogP contribution in [0.3, 0.4) is 0 Å². The van der Waals surface area contributed by atoms with Crippen molar-refractivity contribution in [2.75, 3.05) is 0 Å². The third-order valence-corrected chi connectivity index (χ3v) is 14.0. The Hall–Kier alpha value is -1.21. The average molecular weight is 525 g/mol. The van der Waals surface area contributed by atoms with Crippen molar-refractivity contribution in [2.45, 2.75) is 101 Å². The van der Waals surface area contributed by atoms with E-state index in [1.165, 1.54) is 60.1 Å². The molecule has 2 aromatic carbocycles. The van der Waals surface area contributed by atoms with Crippen LogP contribution in [-0.4, -0.2) is 0 Å². The molecular formula is C37H48S. The van der Waals surface area contributed by atoms with Crippen LogP contribution in [0.4, 0.5) is 0 Å². The quantitative estimate of drug-likeness (QED) is 0.371. The van der Waals surface area contributed by atoms with Crippen molar-refractivity contribution in [1.82, 2.24) is 0 Å². The molecular weight excluding hydrogens is 476 g/mol. The van der Waals surface area contributed by atoms with Crippen LogP contribution in [-0.2, 0) is 0 Å². The first-order chi connectivity index (χ1) is 18.7. The van der Waals surface area contributed by atoms with Gasteiger partial charge in [0, 0.05) is 4.90 Å². The Morgan fingerprint density at radius 2 is 1.03 bits per heavy atom. The summed E-state index contributed by atoms with van der Waals surface area (Å²) >= 11 is 5.33. The molecule has 6 fully saturated rings. The van der Waals surface area contributed by atoms with E-state index in [0.29, 0.717) is 5.92 Å². The Kier molecular flexibility index (Phi) is 6.28. The number of hydrogen-bond acceptors (Lipinski definition) is 1. The summed E-state index contributed by atoms with van der Waals surface area (Å²) < 4.78 is 0. The molecule has 38 heavy (non-hydrogen) atoms. The van der Waals surface area contributed by atoms with Gasteiger partial charge in [0.1, 0.15) is 0 Å². The maximum atomic E-state index is 5.33. The smallest absolute Gasteiger partial charge is 0.0154 e. The Bertz CT molecular complexity index is 1140. The molecule has 202 valence electrons. The molecule has 0 aromatic heterocycles. The Balaban J connectivity index is 1.22. The molecule has 0 spiro atoms. The highest BCUT2D eigenvalue weighted by Gasteiger charge is 2.63. The summed E-state index contributed by atoms with van der Waals surface area (Å²) in [6, 6.07) is 16.1. The number of thiol groups is 1. The van der Waals surface area contributed by atoms with Crippen molar-refractivity contribution >= 4 is 12.6 Å². The zero-order valence-electron chi connectivity index (χ0n) is 23.5. The third-order valence-electron chi connectivity index (χ3n) is 13.5. The van der Waals surface area contributed by atoms with Gasteiger partial charge in [-0.1, -0.05) is 74.6 Å². The topological polar surface area (TPSA) is 0 Å². The number of aryl methyl sites for hydroxylation is 1. The van der Waals surface area contributed by atoms with Crippen molar-refractivity contribution in [3.05, 3.63) is 53.6 Å². The van der Waals surface area contributed by atoms with Crippen molar-refractivity contribution < 1.29 is 0 Å². The van der Waals surface area contributed by atoms with Gasteiger partial charge in [-0.05, 0) is 146 Å². The summed E-state index contributed by atoms with van der Waals surface area (Å²) in [6.45, 7) is 2.26. The van der Waals surface area contributed by atoms with Crippen molar-refractivity contribution in [3.8, 4) is 11.1 Å². The van der Waals surface area contributed by atoms with Gasteiger partial charge < -0.3 is 0 Å². The van der Waals surface area contributed by atoms with E-state index in [0.717, 1.165) is 59.2 Å². The largest absolute Gasteiger partial charge is 0.142 e. The van der Waals surface area contributed by atoms with Gasteiger partial charge in [0.2, 0.25) is 0 Å². The fourth-order valence-electron chi connectivity index (χ4n) is 12.5. The lowest BCUT2D eigenvalue weighted by molar-refractivity contribution is -0.189. The van der Waals surface area contributed by atoms with Gasteiger partial charge in [-0.15, -0.1) is 12.6 Å². The maximum absolute atomic E-state index is 5.33. The second-order valence-electron chi connectivity index (χ2n) is 14.7. The van der Waals surface area contributed by atoms with Crippen LogP contribution in [0.2, 0.25) is 0 Å². The molecule has 0 radical (unpaired) electrons. The van der Waals surface area contributed by atoms with Crippen LogP contribution in [0.5, 0.6) is 0 Å². The molecule has 0 aliphatic heterocycles. The maximum Gasteiger partial charge on any atom is 0.0154 e. The zero-order valence-corrected chi connectivity index (χ0v) is 24.4. The predicted molar refractivity (Wildman–Crippen MR) is 162 cm³/mol. The molecule has 0 heterocycles. The molecule has 0 amide bonds. The number of benzene rings is 2. The fraction of sp³-hybridized carbons (Fsp3) is 0.676. The van der Waals surface area contributed by atoms with Crippen molar-refractivity contribution in [3.63, 3.8) is 0 Å². The van der Waals surface area contributed by atoms with Gasteiger partial charge in [0.05, 0.1) is 0 Å². The van der Waals surface area contributed by atoms with Crippen molar-refractivity contribution in [2.24, 2.45) is 59.2 Å². The summed E-state index contributed by atoms with van der Waals surface area (Å²) in [4.78, 5) is 1.28. The van der Waals surface area contributed by atoms with Crippen LogP contribution in [0, 0.1) is 66.1 Å². The van der Waals surface area contributed by atoms with E-state index >= 15 is 0 Å². The summed E-state index contributed by atoms with van der Waals surface area (Å²) in [5.74, 6) is 11.2. The standard InChI is InChI=1S/C37H48S/c1-22-10-2-3-11-24(22)32-19-8-16-25(37(32)38)23-20-33-28-14-6-4-12-26(28)30-17-9-18-31-27-13-5-7-15-29(27)34(21-23)36(33)35(30)31/h2-3,8,10-11,16,19,23,26-31,33-36,38H,4-7,9,12-15,17-18,20-21H2,1H3. The van der Waals surface area contributed by atoms with E-state index in [9.17, 15) is 0 Å². The average Bonchev–Trinajstić information content (AvgIpc) is 2.97. The van der Waals surface area contributed by atoms with Crippen LogP contribution in [0.1, 0.15) is 101 Å². The van der Waals surface area contributed by atoms with E-state index in [1.54, 1.807) is 50.5 Å². The molecule has 6 saturated carbocycles. The molecule has 6 aliphatic rings. The van der Waals surface area contributed by atoms with Gasteiger partial charge >= 0.3 is 0 Å². The minimum Gasteiger partial charge on any atom is -0.142 e. The zero-order chi connectivity index (χ0) is 25.4. The number of fused-ring (bicyclic) bond motifs is 6. The van der Waals surface area contributed by atoms with Gasteiger partial charge in [0.25, 0.3) is 0 Å². The molecule has 6 aliphatic carbocycles. The van der Waals surface area contributed by atoms with Crippen LogP contribution < -0.4 is 0 Å². The first kappa shape index (κ1) is 24.6. The highest BCUT2D eigenvalue weighted by Crippen LogP contribution is 2.70. The predicted octanol–water partition coefficient (Wildman–Crippen LogP) is 10.3. The lowest BCUT2D eigenvalue weighted by atomic mass is 9.37. The molecule has 0 N–H and O–H groups in total. The Morgan fingerprint density at radius 3 is 1.63 bits per heavy atom. The second-order valence-corrected chi connectivity index (χ2v) is 15.1. The highest BCUT2D eigenvalue weighted by atomic mass is 32.1. The third kappa shape index (κ3) is 3.69. The van der Waals surface area contributed by atoms with Crippen LogP contribution in [0.15, 0.2) is 47.4 Å². The van der Waals surface area contributed by atoms with E-state index in [1.807, 2.05) is 0 Å². The monoisotopic (exact) mass is 524 g/mol. The van der Waals surface area contributed by atoms with E-state index in [2.05, 4.69) is 49.4 Å². The van der Waals surface area contributed by atoms with E-state index in [4.69, 9.17) is 12.6 Å². The van der Waals surface area contributed by atoms with Gasteiger partial charge in [-0.3, -0.25) is 0 Å². The second kappa shape index (κ2) is 9.71. The van der Waals surface area contributed by atoms with Crippen LogP contribution >= 0.6 is 12.6 Å². The molecule has 8 atom stereocenters. The molecule has 0 saturated heterocycles. The summed E-state index contributed by atoms with van der Waals surface area (Å²) in [6.07, 6.45) is 19.9. The van der Waals surface area contributed by atoms with Crippen LogP contribution in [0.25, 0.3) is 11.1 Å². The summed E-state index contributed by atoms with van der Waals surface area (Å²) in [5.41, 5.74) is 5.68. The lowest BCUT2D eigenvalue weighted by Gasteiger charge is -2.68. The van der Waals surface area contributed by atoms with E-state index in [-0.39, 0.29) is 0 Å². The van der Waals surface area contributed by atoms with Gasteiger partial charge in [-0.25, -0.2) is 0 Å². The highest BCUT2D eigenvalue weighted by molar-refractivity contribution is 7.80. The SMILES string of the molecule is Cc1ccccc1-c1cccc(C2CC3C4CCCCC4C4CCCC5C6CCCCC6C(C2)C3C45)c1S. The summed E-state index contributed by atoms with van der Waals surface area (Å²) in [7, 11) is 0. The Morgan fingerprint density at radius 1 is 0.526 bits per heavy atom. The molecule has 0 nitrogen and oxygen atoms in total. The fourth-order valence-corrected chi connectivity index (χ4v) is 12.9. The van der Waals surface area contributed by atoms with Crippen molar-refractivity contribution in [1.29, 1.82) is 0 Å². The normalized spacial score (nSPS) is 43.5. The van der Waals surface area contributed by atoms with Gasteiger partial charge in [0.15, 0.2) is 0 Å². The summed E-state index contributed by atoms with van der Waals surface area (Å²) in [5, 5.41) is 0. The van der Waals surface area contributed by atoms with Gasteiger partial charge in [-0.2, -0.15) is 0 Å². The first-order valence-corrected chi connectivity index (χ1v) is 17.0. The molecule has 8 unspecified atom stereocenters. The Labute approximate surface area is 237 Å². The minimum absolute atomic E-state index is 0.708. The number of rotatable bonds is 2.